The van der Waals surface area contributed by atoms with E-state index >= 15 is 0 Å². The van der Waals surface area contributed by atoms with E-state index in [1.807, 2.05) is 18.0 Å². The maximum Gasteiger partial charge on any atom is 0.192 e. The Balaban J connectivity index is 1.71. The van der Waals surface area contributed by atoms with Crippen LogP contribution in [-0.4, -0.2) is 42.8 Å². The molecule has 6 heteroatoms. The molecular weight excluding hydrogens is 382 g/mol. The number of halogens is 1. The third kappa shape index (κ3) is 3.04. The monoisotopic (exact) mass is 407 g/mol. The van der Waals surface area contributed by atoms with Gasteiger partial charge in [-0.25, -0.2) is 4.99 Å². The molecule has 4 rings (SSSR count). The lowest BCUT2D eigenvalue weighted by Gasteiger charge is -2.44. The van der Waals surface area contributed by atoms with Crippen LogP contribution in [0.2, 0.25) is 0 Å². The lowest BCUT2D eigenvalue weighted by Crippen LogP contribution is -2.47. The average molecular weight is 408 g/mol. The quantitative estimate of drug-likeness (QED) is 0.775. The molecule has 3 aliphatic heterocycles. The van der Waals surface area contributed by atoms with Crippen molar-refractivity contribution in [3.05, 3.63) is 28.2 Å². The molecule has 3 atom stereocenters. The highest BCUT2D eigenvalue weighted by Crippen LogP contribution is 2.48. The van der Waals surface area contributed by atoms with E-state index in [4.69, 9.17) is 20.2 Å². The predicted octanol–water partition coefficient (Wildman–Crippen LogP) is 3.26. The molecular formula is C19H26BrN3O2. The summed E-state index contributed by atoms with van der Waals surface area (Å²) in [6.07, 6.45) is 3.04. The SMILES string of the molecule is CN1CC2(CC(C3CCOC(C)(C)C3)Oc3ccc(Br)cc32)N=C1N. The molecule has 1 aromatic carbocycles. The van der Waals surface area contributed by atoms with Crippen LogP contribution in [0.25, 0.3) is 0 Å². The van der Waals surface area contributed by atoms with Crippen molar-refractivity contribution in [2.45, 2.75) is 50.4 Å². The number of nitrogens with zero attached hydrogens (tertiary/aromatic N) is 2. The smallest absolute Gasteiger partial charge is 0.192 e. The zero-order chi connectivity index (χ0) is 17.8. The van der Waals surface area contributed by atoms with Gasteiger partial charge in [0.25, 0.3) is 0 Å². The second-order valence-electron chi connectivity index (χ2n) is 8.22. The maximum atomic E-state index is 6.47. The number of guanidine groups is 1. The van der Waals surface area contributed by atoms with E-state index in [2.05, 4.69) is 41.9 Å². The van der Waals surface area contributed by atoms with Gasteiger partial charge >= 0.3 is 0 Å². The molecule has 3 aliphatic rings. The summed E-state index contributed by atoms with van der Waals surface area (Å²) in [7, 11) is 2.01. The molecule has 1 saturated heterocycles. The Bertz CT molecular complexity index is 721. The van der Waals surface area contributed by atoms with Gasteiger partial charge in [-0.05, 0) is 44.9 Å². The summed E-state index contributed by atoms with van der Waals surface area (Å²) in [5.41, 5.74) is 6.88. The molecule has 25 heavy (non-hydrogen) atoms. The highest BCUT2D eigenvalue weighted by atomic mass is 79.9. The Morgan fingerprint density at radius 3 is 2.80 bits per heavy atom. The summed E-state index contributed by atoms with van der Waals surface area (Å²) >= 11 is 3.59. The fraction of sp³-hybridized carbons (Fsp3) is 0.632. The molecule has 0 aromatic heterocycles. The fourth-order valence-corrected chi connectivity index (χ4v) is 4.91. The summed E-state index contributed by atoms with van der Waals surface area (Å²) in [6, 6.07) is 6.23. The van der Waals surface area contributed by atoms with Crippen LogP contribution in [0.4, 0.5) is 0 Å². The molecule has 3 unspecified atom stereocenters. The summed E-state index contributed by atoms with van der Waals surface area (Å²) in [6.45, 7) is 5.93. The van der Waals surface area contributed by atoms with Gasteiger partial charge in [-0.15, -0.1) is 0 Å². The molecule has 0 saturated carbocycles. The minimum atomic E-state index is -0.316. The Kier molecular flexibility index (Phi) is 4.03. The van der Waals surface area contributed by atoms with Gasteiger partial charge in [0.05, 0.1) is 12.1 Å². The first-order valence-electron chi connectivity index (χ1n) is 8.95. The molecule has 3 heterocycles. The van der Waals surface area contributed by atoms with E-state index in [0.717, 1.165) is 48.2 Å². The Morgan fingerprint density at radius 1 is 1.32 bits per heavy atom. The molecule has 0 radical (unpaired) electrons. The summed E-state index contributed by atoms with van der Waals surface area (Å²) in [4.78, 5) is 6.96. The molecule has 1 spiro atoms. The number of hydrogen-bond donors (Lipinski definition) is 1. The Hall–Kier alpha value is -1.27. The third-order valence-electron chi connectivity index (χ3n) is 5.74. The van der Waals surface area contributed by atoms with Crippen molar-refractivity contribution in [3.63, 3.8) is 0 Å². The van der Waals surface area contributed by atoms with Gasteiger partial charge in [-0.1, -0.05) is 15.9 Å². The first kappa shape index (κ1) is 17.2. The van der Waals surface area contributed by atoms with Crippen molar-refractivity contribution in [3.8, 4) is 5.75 Å². The van der Waals surface area contributed by atoms with Crippen LogP contribution in [-0.2, 0) is 10.3 Å². The van der Waals surface area contributed by atoms with Crippen molar-refractivity contribution >= 4 is 21.9 Å². The van der Waals surface area contributed by atoms with Crippen LogP contribution in [0, 0.1) is 5.92 Å². The average Bonchev–Trinajstić information content (AvgIpc) is 2.82. The topological polar surface area (TPSA) is 60.1 Å². The lowest BCUT2D eigenvalue weighted by atomic mass is 9.75. The third-order valence-corrected chi connectivity index (χ3v) is 6.23. The lowest BCUT2D eigenvalue weighted by molar-refractivity contribution is -0.0968. The number of likely N-dealkylation sites (N-methyl/N-ethyl adjacent to an activating group) is 1. The van der Waals surface area contributed by atoms with Gasteiger partial charge in [-0.2, -0.15) is 0 Å². The minimum absolute atomic E-state index is 0.0891. The highest BCUT2D eigenvalue weighted by molar-refractivity contribution is 9.10. The van der Waals surface area contributed by atoms with Gasteiger partial charge in [0.1, 0.15) is 17.4 Å². The zero-order valence-corrected chi connectivity index (χ0v) is 16.7. The Labute approximate surface area is 157 Å². The summed E-state index contributed by atoms with van der Waals surface area (Å²) in [5.74, 6) is 2.02. The van der Waals surface area contributed by atoms with Gasteiger partial charge in [0.2, 0.25) is 0 Å². The maximum absolute atomic E-state index is 6.47. The predicted molar refractivity (Wildman–Crippen MR) is 102 cm³/mol. The molecule has 136 valence electrons. The van der Waals surface area contributed by atoms with E-state index in [1.54, 1.807) is 0 Å². The van der Waals surface area contributed by atoms with Crippen molar-refractivity contribution in [2.24, 2.45) is 16.6 Å². The molecule has 5 nitrogen and oxygen atoms in total. The molecule has 1 aromatic rings. The van der Waals surface area contributed by atoms with Crippen molar-refractivity contribution in [2.75, 3.05) is 20.2 Å². The zero-order valence-electron chi connectivity index (χ0n) is 15.1. The molecule has 0 bridgehead atoms. The second kappa shape index (κ2) is 5.88. The van der Waals surface area contributed by atoms with Gasteiger partial charge < -0.3 is 20.1 Å². The van der Waals surface area contributed by atoms with Crippen LogP contribution in [0.5, 0.6) is 5.75 Å². The number of nitrogens with two attached hydrogens (primary N) is 1. The van der Waals surface area contributed by atoms with Crippen LogP contribution < -0.4 is 10.5 Å². The summed E-state index contributed by atoms with van der Waals surface area (Å²) < 4.78 is 13.4. The normalized spacial score (nSPS) is 33.8. The minimum Gasteiger partial charge on any atom is -0.490 e. The number of rotatable bonds is 1. The number of fused-ring (bicyclic) bond motifs is 2. The standard InChI is InChI=1S/C19H26BrN3O2/c1-18(2)9-12(6-7-24-18)16-10-19(11-23(3)17(21)22-19)14-8-13(20)4-5-15(14)25-16/h4-5,8,12,16H,6-7,9-11H2,1-3H3,(H2,21,22). The van der Waals surface area contributed by atoms with Gasteiger partial charge in [0.15, 0.2) is 5.96 Å². The fourth-order valence-electron chi connectivity index (χ4n) is 4.54. The second-order valence-corrected chi connectivity index (χ2v) is 9.14. The highest BCUT2D eigenvalue weighted by Gasteiger charge is 2.49. The van der Waals surface area contributed by atoms with E-state index in [0.29, 0.717) is 11.9 Å². The van der Waals surface area contributed by atoms with Crippen molar-refractivity contribution in [1.29, 1.82) is 0 Å². The molecule has 1 fully saturated rings. The largest absolute Gasteiger partial charge is 0.490 e. The molecule has 2 N–H and O–H groups in total. The van der Waals surface area contributed by atoms with Crippen molar-refractivity contribution < 1.29 is 9.47 Å². The van der Waals surface area contributed by atoms with Crippen LogP contribution in [0.1, 0.15) is 38.7 Å². The number of benzene rings is 1. The molecule has 0 aliphatic carbocycles. The first-order chi connectivity index (χ1) is 11.8. The first-order valence-corrected chi connectivity index (χ1v) is 9.74. The Morgan fingerprint density at radius 2 is 2.12 bits per heavy atom. The molecule has 0 amide bonds. The van der Waals surface area contributed by atoms with Crippen LogP contribution in [0.3, 0.4) is 0 Å². The van der Waals surface area contributed by atoms with E-state index in [1.165, 1.54) is 0 Å². The number of aliphatic imine (C=N–C) groups is 1. The number of hydrogen-bond acceptors (Lipinski definition) is 5. The number of ether oxygens (including phenoxy) is 2. The van der Waals surface area contributed by atoms with Crippen molar-refractivity contribution in [1.82, 2.24) is 4.90 Å². The van der Waals surface area contributed by atoms with E-state index in [-0.39, 0.29) is 17.2 Å². The van der Waals surface area contributed by atoms with Crippen LogP contribution in [0.15, 0.2) is 27.7 Å². The van der Waals surface area contributed by atoms with Crippen LogP contribution >= 0.6 is 15.9 Å². The van der Waals surface area contributed by atoms with Gasteiger partial charge in [0, 0.05) is 36.0 Å². The van der Waals surface area contributed by atoms with Gasteiger partial charge in [-0.3, -0.25) is 0 Å². The van der Waals surface area contributed by atoms with E-state index < -0.39 is 0 Å². The van der Waals surface area contributed by atoms with E-state index in [9.17, 15) is 0 Å². The summed E-state index contributed by atoms with van der Waals surface area (Å²) in [5, 5.41) is 0.